The molecule has 1 N–H and O–H groups in total. The highest BCUT2D eigenvalue weighted by Gasteiger charge is 2.08. The number of thiophene rings is 1. The maximum absolute atomic E-state index is 5.17. The van der Waals surface area contributed by atoms with Crippen LogP contribution >= 0.6 is 27.3 Å². The fourth-order valence-electron chi connectivity index (χ4n) is 1.88. The molecule has 20 heavy (non-hydrogen) atoms. The van der Waals surface area contributed by atoms with E-state index in [2.05, 4.69) is 49.8 Å². The van der Waals surface area contributed by atoms with Crippen LogP contribution in [0, 0.1) is 0 Å². The summed E-state index contributed by atoms with van der Waals surface area (Å²) in [5, 5.41) is 13.1. The van der Waals surface area contributed by atoms with Gasteiger partial charge < -0.3 is 9.73 Å². The second-order valence-electron chi connectivity index (χ2n) is 4.35. The Bertz CT molecular complexity index is 679. The zero-order valence-electron chi connectivity index (χ0n) is 10.7. The number of hydrogen-bond donors (Lipinski definition) is 1. The van der Waals surface area contributed by atoms with Crippen LogP contribution in [0.15, 0.2) is 51.0 Å². The minimum Gasteiger partial charge on any atom is -0.423 e. The highest BCUT2D eigenvalue weighted by molar-refractivity contribution is 9.10. The highest BCUT2D eigenvalue weighted by atomic mass is 79.9. The van der Waals surface area contributed by atoms with Crippen molar-refractivity contribution in [3.05, 3.63) is 51.5 Å². The molecule has 0 bridgehead atoms. The predicted molar refractivity (Wildman–Crippen MR) is 83.8 cm³/mol. The Hall–Kier alpha value is -1.66. The van der Waals surface area contributed by atoms with Crippen LogP contribution in [0.2, 0.25) is 0 Å². The van der Waals surface area contributed by atoms with Crippen LogP contribution < -0.4 is 5.32 Å². The lowest BCUT2D eigenvalue weighted by Crippen LogP contribution is -2.04. The monoisotopic (exact) mass is 349 g/mol. The number of anilines is 1. The Kier molecular flexibility index (Phi) is 3.84. The molecule has 3 aromatic rings. The number of nitrogens with one attached hydrogen (secondary N) is 1. The fraction of sp³-hybridized carbons (Fsp3) is 0.143. The molecule has 6 heteroatoms. The van der Waals surface area contributed by atoms with Gasteiger partial charge in [-0.1, -0.05) is 0 Å². The van der Waals surface area contributed by atoms with Gasteiger partial charge in [0.2, 0.25) is 12.3 Å². The molecule has 0 fully saturated rings. The lowest BCUT2D eigenvalue weighted by atomic mass is 10.2. The van der Waals surface area contributed by atoms with Crippen molar-refractivity contribution < 1.29 is 4.42 Å². The Labute approximate surface area is 129 Å². The van der Waals surface area contributed by atoms with Crippen LogP contribution in [-0.4, -0.2) is 10.2 Å². The van der Waals surface area contributed by atoms with Crippen LogP contribution in [0.4, 0.5) is 5.69 Å². The Balaban J connectivity index is 1.72. The van der Waals surface area contributed by atoms with Crippen molar-refractivity contribution in [1.29, 1.82) is 0 Å². The topological polar surface area (TPSA) is 51.0 Å². The fourth-order valence-corrected chi connectivity index (χ4v) is 3.34. The Morgan fingerprint density at radius 2 is 2.10 bits per heavy atom. The average molecular weight is 350 g/mol. The summed E-state index contributed by atoms with van der Waals surface area (Å²) in [5.74, 6) is 0.534. The molecule has 0 saturated heterocycles. The van der Waals surface area contributed by atoms with Gasteiger partial charge in [-0.3, -0.25) is 0 Å². The molecule has 0 aliphatic rings. The van der Waals surface area contributed by atoms with Gasteiger partial charge in [0.15, 0.2) is 0 Å². The molecular formula is C14H12BrN3OS. The zero-order chi connectivity index (χ0) is 13.9. The van der Waals surface area contributed by atoms with E-state index in [4.69, 9.17) is 4.42 Å². The first-order chi connectivity index (χ1) is 9.72. The SMILES string of the molecule is CC(Nc1ccc(-c2nnco2)cc1)c1cc(Br)cs1. The number of aromatic nitrogens is 2. The third-order valence-electron chi connectivity index (χ3n) is 2.89. The summed E-state index contributed by atoms with van der Waals surface area (Å²) in [5.41, 5.74) is 1.98. The van der Waals surface area contributed by atoms with Crippen molar-refractivity contribution in [3.8, 4) is 11.5 Å². The zero-order valence-corrected chi connectivity index (χ0v) is 13.1. The van der Waals surface area contributed by atoms with Crippen LogP contribution in [0.3, 0.4) is 0 Å². The molecule has 1 aromatic carbocycles. The first kappa shape index (κ1) is 13.3. The molecule has 2 heterocycles. The van der Waals surface area contributed by atoms with Crippen LogP contribution in [-0.2, 0) is 0 Å². The number of halogens is 1. The van der Waals surface area contributed by atoms with E-state index in [-0.39, 0.29) is 6.04 Å². The van der Waals surface area contributed by atoms with E-state index in [0.29, 0.717) is 5.89 Å². The third-order valence-corrected chi connectivity index (χ3v) is 4.77. The quantitative estimate of drug-likeness (QED) is 0.739. The van der Waals surface area contributed by atoms with Gasteiger partial charge in [-0.25, -0.2) is 0 Å². The highest BCUT2D eigenvalue weighted by Crippen LogP contribution is 2.28. The molecule has 1 atom stereocenters. The van der Waals surface area contributed by atoms with Crippen LogP contribution in [0.5, 0.6) is 0 Å². The summed E-state index contributed by atoms with van der Waals surface area (Å²) >= 11 is 5.21. The van der Waals surface area contributed by atoms with E-state index >= 15 is 0 Å². The summed E-state index contributed by atoms with van der Waals surface area (Å²) in [7, 11) is 0. The van der Waals surface area contributed by atoms with E-state index in [0.717, 1.165) is 15.7 Å². The van der Waals surface area contributed by atoms with E-state index in [1.165, 1.54) is 11.3 Å². The van der Waals surface area contributed by atoms with Gasteiger partial charge in [-0.2, -0.15) is 0 Å². The van der Waals surface area contributed by atoms with Gasteiger partial charge in [-0.05, 0) is 53.2 Å². The maximum Gasteiger partial charge on any atom is 0.247 e. The lowest BCUT2D eigenvalue weighted by Gasteiger charge is -2.13. The maximum atomic E-state index is 5.17. The summed E-state index contributed by atoms with van der Waals surface area (Å²) in [6, 6.07) is 10.4. The summed E-state index contributed by atoms with van der Waals surface area (Å²) in [4.78, 5) is 1.29. The minimum atomic E-state index is 0.264. The van der Waals surface area contributed by atoms with Crippen molar-refractivity contribution in [1.82, 2.24) is 10.2 Å². The largest absolute Gasteiger partial charge is 0.423 e. The number of hydrogen-bond acceptors (Lipinski definition) is 5. The smallest absolute Gasteiger partial charge is 0.247 e. The van der Waals surface area contributed by atoms with Gasteiger partial charge in [-0.15, -0.1) is 21.5 Å². The molecule has 4 nitrogen and oxygen atoms in total. The number of rotatable bonds is 4. The molecule has 2 aromatic heterocycles. The molecule has 1 unspecified atom stereocenters. The van der Waals surface area contributed by atoms with Crippen molar-refractivity contribution in [2.45, 2.75) is 13.0 Å². The first-order valence-corrected chi connectivity index (χ1v) is 7.77. The van der Waals surface area contributed by atoms with Gasteiger partial charge in [0.1, 0.15) is 0 Å². The lowest BCUT2D eigenvalue weighted by molar-refractivity contribution is 0.568. The van der Waals surface area contributed by atoms with Crippen molar-refractivity contribution >= 4 is 33.0 Å². The second-order valence-corrected chi connectivity index (χ2v) is 6.21. The number of benzene rings is 1. The van der Waals surface area contributed by atoms with E-state index in [1.54, 1.807) is 11.3 Å². The summed E-state index contributed by atoms with van der Waals surface area (Å²) in [6.07, 6.45) is 1.33. The molecular weight excluding hydrogens is 338 g/mol. The molecule has 0 aliphatic carbocycles. The standard InChI is InChI=1S/C14H12BrN3OS/c1-9(13-6-11(15)7-20-13)17-12-4-2-10(3-5-12)14-18-16-8-19-14/h2-9,17H,1H3. The van der Waals surface area contributed by atoms with E-state index in [9.17, 15) is 0 Å². The number of nitrogens with zero attached hydrogens (tertiary/aromatic N) is 2. The van der Waals surface area contributed by atoms with Gasteiger partial charge in [0.25, 0.3) is 0 Å². The molecule has 0 saturated carbocycles. The molecule has 0 spiro atoms. The minimum absolute atomic E-state index is 0.264. The molecule has 3 rings (SSSR count). The van der Waals surface area contributed by atoms with Crippen molar-refractivity contribution in [2.24, 2.45) is 0 Å². The van der Waals surface area contributed by atoms with E-state index in [1.807, 2.05) is 24.3 Å². The molecule has 0 radical (unpaired) electrons. The van der Waals surface area contributed by atoms with Crippen LogP contribution in [0.1, 0.15) is 17.8 Å². The first-order valence-electron chi connectivity index (χ1n) is 6.09. The van der Waals surface area contributed by atoms with Gasteiger partial charge >= 0.3 is 0 Å². The molecule has 102 valence electrons. The third kappa shape index (κ3) is 2.91. The molecule has 0 aliphatic heterocycles. The predicted octanol–water partition coefficient (Wildman–Crippen LogP) is 4.73. The normalized spacial score (nSPS) is 12.3. The average Bonchev–Trinajstić information content (AvgIpc) is 3.10. The van der Waals surface area contributed by atoms with Crippen molar-refractivity contribution in [3.63, 3.8) is 0 Å². The van der Waals surface area contributed by atoms with Crippen molar-refractivity contribution in [2.75, 3.05) is 5.32 Å². The second kappa shape index (κ2) is 5.76. The summed E-state index contributed by atoms with van der Waals surface area (Å²) in [6.45, 7) is 2.14. The van der Waals surface area contributed by atoms with E-state index < -0.39 is 0 Å². The van der Waals surface area contributed by atoms with Crippen LogP contribution in [0.25, 0.3) is 11.5 Å². The van der Waals surface area contributed by atoms with Gasteiger partial charge in [0.05, 0.1) is 6.04 Å². The summed E-state index contributed by atoms with van der Waals surface area (Å²) < 4.78 is 6.29. The van der Waals surface area contributed by atoms with Gasteiger partial charge in [0, 0.05) is 26.0 Å². The molecule has 0 amide bonds. The Morgan fingerprint density at radius 3 is 2.70 bits per heavy atom. The Morgan fingerprint density at radius 1 is 1.30 bits per heavy atom.